The van der Waals surface area contributed by atoms with Crippen LogP contribution in [-0.2, 0) is 14.4 Å². The number of nitrogens with two attached hydrogens (primary N) is 1. The molecule has 1 aromatic carbocycles. The molecule has 0 atom stereocenters. The SMILES string of the molecule is C=C(C)C(N)=O.COc1ccc(C2=CC(=O)NC2=O)cc1. The molecule has 1 heterocycles. The number of imide groups is 1. The van der Waals surface area contributed by atoms with Crippen LogP contribution in [0.2, 0.25) is 0 Å². The van der Waals surface area contributed by atoms with Crippen LogP contribution in [0.1, 0.15) is 12.5 Å². The summed E-state index contributed by atoms with van der Waals surface area (Å²) < 4.78 is 4.99. The van der Waals surface area contributed by atoms with E-state index in [0.29, 0.717) is 22.5 Å². The molecule has 1 aromatic rings. The fraction of sp³-hybridized carbons (Fsp3) is 0.133. The van der Waals surface area contributed by atoms with Crippen molar-refractivity contribution in [3.8, 4) is 5.75 Å². The maximum absolute atomic E-state index is 11.3. The Labute approximate surface area is 122 Å². The molecule has 0 saturated heterocycles. The molecule has 6 heteroatoms. The second kappa shape index (κ2) is 7.04. The average Bonchev–Trinajstić information content (AvgIpc) is 2.78. The lowest BCUT2D eigenvalue weighted by atomic mass is 10.1. The van der Waals surface area contributed by atoms with E-state index in [1.54, 1.807) is 38.3 Å². The molecule has 0 bridgehead atoms. The molecule has 1 aliphatic rings. The predicted molar refractivity (Wildman–Crippen MR) is 78.1 cm³/mol. The van der Waals surface area contributed by atoms with E-state index < -0.39 is 5.91 Å². The minimum atomic E-state index is -0.435. The summed E-state index contributed by atoms with van der Waals surface area (Å²) in [5.41, 5.74) is 6.19. The minimum absolute atomic E-state index is 0.356. The summed E-state index contributed by atoms with van der Waals surface area (Å²) in [7, 11) is 1.57. The van der Waals surface area contributed by atoms with Gasteiger partial charge >= 0.3 is 0 Å². The number of nitrogens with one attached hydrogen (secondary N) is 1. The van der Waals surface area contributed by atoms with Crippen molar-refractivity contribution in [1.29, 1.82) is 0 Å². The third-order valence-corrected chi connectivity index (χ3v) is 2.58. The molecule has 0 saturated carbocycles. The standard InChI is InChI=1S/C11H9NO3.C4H7NO/c1-15-8-4-2-7(3-5-8)9-6-10(13)12-11(9)14;1-3(2)4(5)6/h2-6H,1H3,(H,12,13,14);1H2,2H3,(H2,5,6). The Kier molecular flexibility index (Phi) is 5.42. The molecule has 21 heavy (non-hydrogen) atoms. The quantitative estimate of drug-likeness (QED) is 0.634. The van der Waals surface area contributed by atoms with Gasteiger partial charge in [-0.25, -0.2) is 0 Å². The Morgan fingerprint density at radius 1 is 1.24 bits per heavy atom. The second-order valence-corrected chi connectivity index (χ2v) is 4.25. The van der Waals surface area contributed by atoms with Gasteiger partial charge in [-0.15, -0.1) is 0 Å². The number of hydrogen-bond donors (Lipinski definition) is 2. The van der Waals surface area contributed by atoms with Crippen molar-refractivity contribution in [1.82, 2.24) is 5.32 Å². The summed E-state index contributed by atoms with van der Waals surface area (Å²) in [6.45, 7) is 4.85. The van der Waals surface area contributed by atoms with Gasteiger partial charge in [0.05, 0.1) is 12.7 Å². The Hall–Kier alpha value is -2.89. The molecular formula is C15H16N2O4. The molecule has 0 radical (unpaired) electrons. The smallest absolute Gasteiger partial charge is 0.258 e. The van der Waals surface area contributed by atoms with Crippen LogP contribution in [0.4, 0.5) is 0 Å². The first kappa shape index (κ1) is 16.2. The number of rotatable bonds is 3. The van der Waals surface area contributed by atoms with Gasteiger partial charge in [0.25, 0.3) is 11.8 Å². The zero-order chi connectivity index (χ0) is 16.0. The first-order chi connectivity index (χ1) is 9.85. The van der Waals surface area contributed by atoms with Gasteiger partial charge in [-0.3, -0.25) is 19.7 Å². The molecule has 0 spiro atoms. The molecule has 0 aromatic heterocycles. The third kappa shape index (κ3) is 4.61. The van der Waals surface area contributed by atoms with Crippen molar-refractivity contribution in [2.75, 3.05) is 7.11 Å². The summed E-state index contributed by atoms with van der Waals surface area (Å²) in [5.74, 6) is -0.449. The number of methoxy groups -OCH3 is 1. The van der Waals surface area contributed by atoms with Crippen molar-refractivity contribution in [3.63, 3.8) is 0 Å². The van der Waals surface area contributed by atoms with Crippen LogP contribution in [0.3, 0.4) is 0 Å². The molecule has 3 N–H and O–H groups in total. The van der Waals surface area contributed by atoms with Crippen LogP contribution in [-0.4, -0.2) is 24.8 Å². The van der Waals surface area contributed by atoms with Gasteiger partial charge in [0.2, 0.25) is 5.91 Å². The highest BCUT2D eigenvalue weighted by Gasteiger charge is 2.21. The molecule has 3 amide bonds. The molecule has 0 unspecified atom stereocenters. The lowest BCUT2D eigenvalue weighted by molar-refractivity contribution is -0.123. The molecule has 2 rings (SSSR count). The number of carbonyl (C=O) groups excluding carboxylic acids is 3. The zero-order valence-corrected chi connectivity index (χ0v) is 11.8. The van der Waals surface area contributed by atoms with Gasteiger partial charge in [0.15, 0.2) is 0 Å². The van der Waals surface area contributed by atoms with E-state index in [2.05, 4.69) is 11.9 Å². The van der Waals surface area contributed by atoms with Crippen LogP contribution in [0.5, 0.6) is 5.75 Å². The molecule has 110 valence electrons. The monoisotopic (exact) mass is 288 g/mol. The number of primary amides is 1. The van der Waals surface area contributed by atoms with Crippen LogP contribution >= 0.6 is 0 Å². The van der Waals surface area contributed by atoms with E-state index in [4.69, 9.17) is 10.5 Å². The number of ether oxygens (including phenoxy) is 1. The average molecular weight is 288 g/mol. The van der Waals surface area contributed by atoms with E-state index in [-0.39, 0.29) is 11.8 Å². The van der Waals surface area contributed by atoms with Crippen LogP contribution in [0.15, 0.2) is 42.5 Å². The number of carbonyl (C=O) groups is 3. The van der Waals surface area contributed by atoms with Gasteiger partial charge in [-0.05, 0) is 24.6 Å². The van der Waals surface area contributed by atoms with E-state index in [9.17, 15) is 14.4 Å². The van der Waals surface area contributed by atoms with Gasteiger partial charge in [-0.1, -0.05) is 18.7 Å². The van der Waals surface area contributed by atoms with E-state index in [1.165, 1.54) is 6.08 Å². The first-order valence-corrected chi connectivity index (χ1v) is 6.02. The lowest BCUT2D eigenvalue weighted by Gasteiger charge is -2.02. The van der Waals surface area contributed by atoms with Crippen LogP contribution < -0.4 is 15.8 Å². The number of hydrogen-bond acceptors (Lipinski definition) is 4. The van der Waals surface area contributed by atoms with Crippen molar-refractivity contribution >= 4 is 23.3 Å². The molecule has 6 nitrogen and oxygen atoms in total. The van der Waals surface area contributed by atoms with Crippen molar-refractivity contribution in [2.45, 2.75) is 6.92 Å². The van der Waals surface area contributed by atoms with E-state index >= 15 is 0 Å². The second-order valence-electron chi connectivity index (χ2n) is 4.25. The molecular weight excluding hydrogens is 272 g/mol. The topological polar surface area (TPSA) is 98.5 Å². The fourth-order valence-electron chi connectivity index (χ4n) is 1.40. The van der Waals surface area contributed by atoms with Crippen molar-refractivity contribution in [3.05, 3.63) is 48.1 Å². The zero-order valence-electron chi connectivity index (χ0n) is 11.8. The van der Waals surface area contributed by atoms with Crippen molar-refractivity contribution < 1.29 is 19.1 Å². The van der Waals surface area contributed by atoms with Crippen molar-refractivity contribution in [2.24, 2.45) is 5.73 Å². The molecule has 0 aliphatic carbocycles. The Morgan fingerprint density at radius 3 is 2.10 bits per heavy atom. The number of amides is 3. The summed E-state index contributed by atoms with van der Waals surface area (Å²) in [5, 5.41) is 2.19. The van der Waals surface area contributed by atoms with Crippen LogP contribution in [0.25, 0.3) is 5.57 Å². The molecule has 1 aliphatic heterocycles. The van der Waals surface area contributed by atoms with Gasteiger partial charge in [0.1, 0.15) is 5.75 Å². The normalized spacial score (nSPS) is 12.8. The van der Waals surface area contributed by atoms with E-state index in [0.717, 1.165) is 0 Å². The largest absolute Gasteiger partial charge is 0.497 e. The maximum atomic E-state index is 11.3. The fourth-order valence-corrected chi connectivity index (χ4v) is 1.40. The first-order valence-electron chi connectivity index (χ1n) is 6.02. The Bertz CT molecular complexity index is 603. The van der Waals surface area contributed by atoms with Gasteiger partial charge in [0, 0.05) is 11.6 Å². The highest BCUT2D eigenvalue weighted by Crippen LogP contribution is 2.20. The molecule has 0 fully saturated rings. The highest BCUT2D eigenvalue weighted by atomic mass is 16.5. The lowest BCUT2D eigenvalue weighted by Crippen LogP contribution is -2.21. The number of benzene rings is 1. The Balaban J connectivity index is 0.000000315. The van der Waals surface area contributed by atoms with Gasteiger partial charge in [-0.2, -0.15) is 0 Å². The highest BCUT2D eigenvalue weighted by molar-refractivity contribution is 6.33. The van der Waals surface area contributed by atoms with Crippen LogP contribution in [0, 0.1) is 0 Å². The maximum Gasteiger partial charge on any atom is 0.258 e. The van der Waals surface area contributed by atoms with E-state index in [1.807, 2.05) is 0 Å². The summed E-state index contributed by atoms with van der Waals surface area (Å²) >= 11 is 0. The Morgan fingerprint density at radius 2 is 1.76 bits per heavy atom. The third-order valence-electron chi connectivity index (χ3n) is 2.58. The predicted octanol–water partition coefficient (Wildman–Crippen LogP) is 0.783. The summed E-state index contributed by atoms with van der Waals surface area (Å²) in [4.78, 5) is 32.1. The van der Waals surface area contributed by atoms with Gasteiger partial charge < -0.3 is 10.5 Å². The minimum Gasteiger partial charge on any atom is -0.497 e. The summed E-state index contributed by atoms with van der Waals surface area (Å²) in [6, 6.07) is 6.96. The summed E-state index contributed by atoms with van der Waals surface area (Å²) in [6.07, 6.45) is 1.30.